The van der Waals surface area contributed by atoms with E-state index in [2.05, 4.69) is 11.8 Å². The van der Waals surface area contributed by atoms with Gasteiger partial charge in [-0.05, 0) is 31.4 Å². The van der Waals surface area contributed by atoms with Gasteiger partial charge in [-0.2, -0.15) is 0 Å². The van der Waals surface area contributed by atoms with Crippen molar-refractivity contribution in [2.45, 2.75) is 32.7 Å². The van der Waals surface area contributed by atoms with E-state index >= 15 is 0 Å². The van der Waals surface area contributed by atoms with E-state index in [4.69, 9.17) is 5.11 Å². The van der Waals surface area contributed by atoms with Gasteiger partial charge < -0.3 is 5.11 Å². The summed E-state index contributed by atoms with van der Waals surface area (Å²) in [4.78, 5) is 13.1. The number of benzene rings is 1. The molecule has 0 aliphatic carbocycles. The molecular weight excluding hydrogens is 245 g/mol. The van der Waals surface area contributed by atoms with Crippen LogP contribution < -0.4 is 0 Å². The van der Waals surface area contributed by atoms with Crippen LogP contribution in [0.5, 0.6) is 0 Å². The number of hydrogen-bond donors (Lipinski definition) is 1. The lowest BCUT2D eigenvalue weighted by atomic mass is 9.95. The fourth-order valence-corrected chi connectivity index (χ4v) is 2.74. The highest BCUT2D eigenvalue weighted by molar-refractivity contribution is 5.88. The third-order valence-corrected chi connectivity index (χ3v) is 3.88. The Labute approximate surface area is 113 Å². The number of carboxylic acid groups (broad SMARTS) is 1. The van der Waals surface area contributed by atoms with Crippen LogP contribution in [-0.4, -0.2) is 29.1 Å². The van der Waals surface area contributed by atoms with Crippen molar-refractivity contribution < 1.29 is 14.3 Å². The lowest BCUT2D eigenvalue weighted by Crippen LogP contribution is -2.35. The molecule has 1 aliphatic heterocycles. The molecule has 1 atom stereocenters. The van der Waals surface area contributed by atoms with Gasteiger partial charge in [0, 0.05) is 18.7 Å². The van der Waals surface area contributed by atoms with Gasteiger partial charge in [-0.3, -0.25) is 4.90 Å². The topological polar surface area (TPSA) is 40.5 Å². The first-order valence-corrected chi connectivity index (χ1v) is 6.84. The van der Waals surface area contributed by atoms with E-state index in [9.17, 15) is 9.18 Å². The Morgan fingerprint density at radius 1 is 1.53 bits per heavy atom. The van der Waals surface area contributed by atoms with Crippen molar-refractivity contribution in [3.05, 3.63) is 35.1 Å². The molecule has 1 saturated heterocycles. The van der Waals surface area contributed by atoms with Gasteiger partial charge in [-0.25, -0.2) is 9.18 Å². The maximum absolute atomic E-state index is 14.0. The molecule has 1 N–H and O–H groups in total. The van der Waals surface area contributed by atoms with Gasteiger partial charge in [0.1, 0.15) is 5.82 Å². The Balaban J connectivity index is 2.10. The predicted molar refractivity (Wildman–Crippen MR) is 71.7 cm³/mol. The highest BCUT2D eigenvalue weighted by Gasteiger charge is 2.21. The molecule has 1 aromatic carbocycles. The van der Waals surface area contributed by atoms with Crippen molar-refractivity contribution in [3.63, 3.8) is 0 Å². The number of nitrogens with zero attached hydrogens (tertiary/aromatic N) is 1. The monoisotopic (exact) mass is 265 g/mol. The van der Waals surface area contributed by atoms with Crippen LogP contribution >= 0.6 is 0 Å². The van der Waals surface area contributed by atoms with Gasteiger partial charge in [0.15, 0.2) is 0 Å². The number of carbonyl (C=O) groups is 1. The second-order valence-corrected chi connectivity index (χ2v) is 5.24. The maximum Gasteiger partial charge on any atom is 0.338 e. The van der Waals surface area contributed by atoms with E-state index in [1.165, 1.54) is 12.5 Å². The molecular formula is C15H20FNO2. The van der Waals surface area contributed by atoms with Crippen molar-refractivity contribution in [1.29, 1.82) is 0 Å². The Bertz CT molecular complexity index is 461. The first-order valence-electron chi connectivity index (χ1n) is 6.84. The molecule has 19 heavy (non-hydrogen) atoms. The molecule has 0 saturated carbocycles. The lowest BCUT2D eigenvalue weighted by Gasteiger charge is -2.32. The van der Waals surface area contributed by atoms with E-state index in [-0.39, 0.29) is 5.56 Å². The molecule has 1 heterocycles. The largest absolute Gasteiger partial charge is 0.478 e. The predicted octanol–water partition coefficient (Wildman–Crippen LogP) is 3.15. The summed E-state index contributed by atoms with van der Waals surface area (Å²) in [5, 5.41) is 8.92. The van der Waals surface area contributed by atoms with Gasteiger partial charge in [0.05, 0.1) is 5.56 Å². The zero-order valence-electron chi connectivity index (χ0n) is 11.2. The van der Waals surface area contributed by atoms with E-state index in [0.29, 0.717) is 18.0 Å². The van der Waals surface area contributed by atoms with Crippen LogP contribution in [0.4, 0.5) is 4.39 Å². The minimum atomic E-state index is -1.20. The van der Waals surface area contributed by atoms with E-state index in [1.54, 1.807) is 12.1 Å². The van der Waals surface area contributed by atoms with Crippen molar-refractivity contribution in [2.24, 2.45) is 5.92 Å². The minimum Gasteiger partial charge on any atom is -0.478 e. The Kier molecular flexibility index (Phi) is 4.53. The molecule has 104 valence electrons. The zero-order valence-corrected chi connectivity index (χ0v) is 11.2. The molecule has 3 nitrogen and oxygen atoms in total. The van der Waals surface area contributed by atoms with Crippen molar-refractivity contribution >= 4 is 5.97 Å². The Hall–Kier alpha value is -1.42. The van der Waals surface area contributed by atoms with Crippen LogP contribution in [0.2, 0.25) is 0 Å². The lowest BCUT2D eigenvalue weighted by molar-refractivity contribution is 0.0691. The summed E-state index contributed by atoms with van der Waals surface area (Å²) < 4.78 is 14.0. The third-order valence-electron chi connectivity index (χ3n) is 3.88. The average Bonchev–Trinajstić information content (AvgIpc) is 2.41. The van der Waals surface area contributed by atoms with Gasteiger partial charge in [0.2, 0.25) is 0 Å². The van der Waals surface area contributed by atoms with Crippen LogP contribution in [0.1, 0.15) is 42.1 Å². The summed E-state index contributed by atoms with van der Waals surface area (Å²) in [6.07, 6.45) is 3.53. The first kappa shape index (κ1) is 14.0. The van der Waals surface area contributed by atoms with E-state index in [0.717, 1.165) is 25.9 Å². The van der Waals surface area contributed by atoms with Crippen LogP contribution in [0, 0.1) is 11.7 Å². The van der Waals surface area contributed by atoms with Crippen LogP contribution in [0.3, 0.4) is 0 Å². The maximum atomic E-state index is 14.0. The van der Waals surface area contributed by atoms with Crippen molar-refractivity contribution in [3.8, 4) is 0 Å². The second-order valence-electron chi connectivity index (χ2n) is 5.24. The highest BCUT2D eigenvalue weighted by Crippen LogP contribution is 2.22. The number of hydrogen-bond acceptors (Lipinski definition) is 2. The van der Waals surface area contributed by atoms with E-state index < -0.39 is 11.8 Å². The summed E-state index contributed by atoms with van der Waals surface area (Å²) in [6.45, 7) is 4.63. The summed E-state index contributed by atoms with van der Waals surface area (Å²) in [7, 11) is 0. The molecule has 4 heteroatoms. The molecule has 0 aromatic heterocycles. The fraction of sp³-hybridized carbons (Fsp3) is 0.533. The van der Waals surface area contributed by atoms with Crippen molar-refractivity contribution in [2.75, 3.05) is 13.1 Å². The molecule has 0 bridgehead atoms. The number of likely N-dealkylation sites (tertiary alicyclic amines) is 1. The number of piperidine rings is 1. The summed E-state index contributed by atoms with van der Waals surface area (Å²) in [5.41, 5.74) is 0.248. The van der Waals surface area contributed by atoms with Crippen LogP contribution in [0.15, 0.2) is 18.2 Å². The van der Waals surface area contributed by atoms with Crippen molar-refractivity contribution in [1.82, 2.24) is 4.90 Å². The molecule has 1 aliphatic rings. The molecule has 2 rings (SSSR count). The van der Waals surface area contributed by atoms with Gasteiger partial charge in [-0.1, -0.05) is 25.5 Å². The second kappa shape index (κ2) is 6.15. The summed E-state index contributed by atoms with van der Waals surface area (Å²) in [6, 6.07) is 4.60. The number of aromatic carboxylic acids is 1. The quantitative estimate of drug-likeness (QED) is 0.909. The number of halogens is 1. The van der Waals surface area contributed by atoms with E-state index in [1.807, 2.05) is 0 Å². The molecule has 0 spiro atoms. The Morgan fingerprint density at radius 3 is 3.00 bits per heavy atom. The minimum absolute atomic E-state index is 0.235. The van der Waals surface area contributed by atoms with Gasteiger partial charge in [0.25, 0.3) is 0 Å². The average molecular weight is 265 g/mol. The fourth-order valence-electron chi connectivity index (χ4n) is 2.74. The highest BCUT2D eigenvalue weighted by atomic mass is 19.1. The molecule has 0 radical (unpaired) electrons. The molecule has 1 aromatic rings. The van der Waals surface area contributed by atoms with Crippen LogP contribution in [-0.2, 0) is 6.54 Å². The molecule has 0 amide bonds. The van der Waals surface area contributed by atoms with Crippen LogP contribution in [0.25, 0.3) is 0 Å². The smallest absolute Gasteiger partial charge is 0.338 e. The SMILES string of the molecule is CCC1CCCN(Cc2cccc(C(=O)O)c2F)C1. The summed E-state index contributed by atoms with van der Waals surface area (Å²) in [5.74, 6) is -1.11. The standard InChI is InChI=1S/C15H20FNO2/c1-2-11-5-4-8-17(9-11)10-12-6-3-7-13(14(12)16)15(18)19/h3,6-7,11H,2,4-5,8-10H2,1H3,(H,18,19). The Morgan fingerprint density at radius 2 is 2.32 bits per heavy atom. The molecule has 1 fully saturated rings. The number of carboxylic acids is 1. The van der Waals surface area contributed by atoms with Gasteiger partial charge >= 0.3 is 5.97 Å². The number of rotatable bonds is 4. The third kappa shape index (κ3) is 3.32. The normalized spacial score (nSPS) is 20.4. The zero-order chi connectivity index (χ0) is 13.8. The van der Waals surface area contributed by atoms with Gasteiger partial charge in [-0.15, -0.1) is 0 Å². The first-order chi connectivity index (χ1) is 9.11. The summed E-state index contributed by atoms with van der Waals surface area (Å²) >= 11 is 0. The molecule has 1 unspecified atom stereocenters.